The third-order valence-corrected chi connectivity index (χ3v) is 3.09. The van der Waals surface area contributed by atoms with Crippen LogP contribution in [0, 0.1) is 0 Å². The summed E-state index contributed by atoms with van der Waals surface area (Å²) >= 11 is 0. The van der Waals surface area contributed by atoms with Crippen LogP contribution in [-0.2, 0) is 9.53 Å². The minimum absolute atomic E-state index is 0.0778. The van der Waals surface area contributed by atoms with E-state index in [1.54, 1.807) is 6.20 Å². The second-order valence-electron chi connectivity index (χ2n) is 4.70. The first kappa shape index (κ1) is 13.8. The molecule has 1 aromatic rings. The topological polar surface area (TPSA) is 63.2 Å². The number of hydrogen-bond acceptors (Lipinski definition) is 4. The van der Waals surface area contributed by atoms with Gasteiger partial charge in [0.25, 0.3) is 5.91 Å². The van der Waals surface area contributed by atoms with E-state index in [4.69, 9.17) is 4.74 Å². The summed E-state index contributed by atoms with van der Waals surface area (Å²) in [5.41, 5.74) is 0.710. The molecule has 2 heterocycles. The molecule has 0 aromatic carbocycles. The number of rotatable bonds is 6. The zero-order valence-corrected chi connectivity index (χ0v) is 11.3. The largest absolute Gasteiger partial charge is 0.370 e. The van der Waals surface area contributed by atoms with Crippen molar-refractivity contribution in [3.8, 4) is 0 Å². The van der Waals surface area contributed by atoms with Crippen molar-refractivity contribution in [2.75, 3.05) is 23.8 Å². The van der Waals surface area contributed by atoms with Crippen LogP contribution < -0.4 is 10.6 Å². The van der Waals surface area contributed by atoms with Crippen LogP contribution in [0.5, 0.6) is 0 Å². The summed E-state index contributed by atoms with van der Waals surface area (Å²) in [6.45, 7) is 3.75. The van der Waals surface area contributed by atoms with E-state index in [0.717, 1.165) is 38.0 Å². The molecule has 2 rings (SSSR count). The molecule has 0 bridgehead atoms. The molecule has 1 aliphatic heterocycles. The molecule has 0 saturated carbocycles. The second kappa shape index (κ2) is 7.09. The molecule has 1 saturated heterocycles. The van der Waals surface area contributed by atoms with Crippen LogP contribution in [0.15, 0.2) is 18.3 Å². The van der Waals surface area contributed by atoms with E-state index in [1.807, 2.05) is 12.1 Å². The average molecular weight is 263 g/mol. The lowest BCUT2D eigenvalue weighted by molar-refractivity contribution is -0.124. The Morgan fingerprint density at radius 1 is 1.53 bits per heavy atom. The van der Waals surface area contributed by atoms with E-state index in [-0.39, 0.29) is 12.0 Å². The maximum absolute atomic E-state index is 11.8. The van der Waals surface area contributed by atoms with Crippen molar-refractivity contribution >= 4 is 17.4 Å². The molecule has 0 aliphatic carbocycles. The molecule has 1 aliphatic rings. The number of carbonyl (C=O) groups excluding carboxylic acids is 1. The highest BCUT2D eigenvalue weighted by Crippen LogP contribution is 2.15. The number of unbranched alkanes of at least 4 members (excludes halogenated alkanes) is 1. The van der Waals surface area contributed by atoms with Crippen molar-refractivity contribution in [3.63, 3.8) is 0 Å². The Morgan fingerprint density at radius 2 is 2.42 bits per heavy atom. The predicted octanol–water partition coefficient (Wildman–Crippen LogP) is 2.41. The van der Waals surface area contributed by atoms with Crippen molar-refractivity contribution < 1.29 is 9.53 Å². The van der Waals surface area contributed by atoms with Crippen molar-refractivity contribution in [1.29, 1.82) is 0 Å². The quantitative estimate of drug-likeness (QED) is 0.774. The number of nitrogens with zero attached hydrogens (tertiary/aromatic N) is 1. The number of anilines is 2. The van der Waals surface area contributed by atoms with Crippen LogP contribution in [0.4, 0.5) is 11.5 Å². The van der Waals surface area contributed by atoms with Gasteiger partial charge in [-0.3, -0.25) is 4.79 Å². The highest BCUT2D eigenvalue weighted by Gasteiger charge is 2.23. The Hall–Kier alpha value is -1.62. The van der Waals surface area contributed by atoms with Gasteiger partial charge in [-0.2, -0.15) is 0 Å². The monoisotopic (exact) mass is 263 g/mol. The van der Waals surface area contributed by atoms with Crippen molar-refractivity contribution in [2.45, 2.75) is 38.7 Å². The van der Waals surface area contributed by atoms with Crippen molar-refractivity contribution in [3.05, 3.63) is 18.3 Å². The van der Waals surface area contributed by atoms with Crippen LogP contribution in [0.1, 0.15) is 32.6 Å². The molecule has 1 atom stereocenters. The summed E-state index contributed by atoms with van der Waals surface area (Å²) < 4.78 is 5.33. The maximum Gasteiger partial charge on any atom is 0.253 e. The van der Waals surface area contributed by atoms with Gasteiger partial charge in [0.2, 0.25) is 0 Å². The first-order valence-corrected chi connectivity index (χ1v) is 6.92. The molecule has 1 aromatic heterocycles. The molecule has 1 unspecified atom stereocenters. The van der Waals surface area contributed by atoms with Gasteiger partial charge in [0.15, 0.2) is 0 Å². The zero-order valence-electron chi connectivity index (χ0n) is 11.3. The number of carbonyl (C=O) groups is 1. The first-order chi connectivity index (χ1) is 9.29. The highest BCUT2D eigenvalue weighted by molar-refractivity contribution is 5.94. The molecule has 19 heavy (non-hydrogen) atoms. The minimum atomic E-state index is -0.303. The fourth-order valence-corrected chi connectivity index (χ4v) is 1.97. The van der Waals surface area contributed by atoms with Gasteiger partial charge in [-0.15, -0.1) is 0 Å². The molecule has 5 heteroatoms. The lowest BCUT2D eigenvalue weighted by Crippen LogP contribution is -2.26. The molecular weight excluding hydrogens is 242 g/mol. The van der Waals surface area contributed by atoms with Crippen LogP contribution in [-0.4, -0.2) is 30.1 Å². The standard InChI is InChI=1S/C14H21N3O2/c1-2-3-8-15-13-7-6-11(10-16-13)17-14(18)12-5-4-9-19-12/h6-7,10,12H,2-5,8-9H2,1H3,(H,15,16)(H,17,18). The fraction of sp³-hybridized carbons (Fsp3) is 0.571. The minimum Gasteiger partial charge on any atom is -0.370 e. The van der Waals surface area contributed by atoms with Crippen molar-refractivity contribution in [2.24, 2.45) is 0 Å². The highest BCUT2D eigenvalue weighted by atomic mass is 16.5. The Labute approximate surface area is 113 Å². The van der Waals surface area contributed by atoms with Gasteiger partial charge in [-0.1, -0.05) is 13.3 Å². The number of nitrogens with one attached hydrogen (secondary N) is 2. The number of ether oxygens (including phenoxy) is 1. The predicted molar refractivity (Wildman–Crippen MR) is 75.2 cm³/mol. The SMILES string of the molecule is CCCCNc1ccc(NC(=O)C2CCCO2)cn1. The normalized spacial score (nSPS) is 18.3. The van der Waals surface area contributed by atoms with Gasteiger partial charge < -0.3 is 15.4 Å². The third-order valence-electron chi connectivity index (χ3n) is 3.09. The molecule has 104 valence electrons. The summed E-state index contributed by atoms with van der Waals surface area (Å²) in [6.07, 6.45) is 5.40. The van der Waals surface area contributed by atoms with E-state index >= 15 is 0 Å². The van der Waals surface area contributed by atoms with Gasteiger partial charge >= 0.3 is 0 Å². The Bertz CT molecular complexity index is 400. The van der Waals surface area contributed by atoms with Crippen molar-refractivity contribution in [1.82, 2.24) is 4.98 Å². The Kier molecular flexibility index (Phi) is 5.15. The molecule has 1 fully saturated rings. The Balaban J connectivity index is 1.82. The van der Waals surface area contributed by atoms with E-state index < -0.39 is 0 Å². The van der Waals surface area contributed by atoms with Gasteiger partial charge in [0.05, 0.1) is 11.9 Å². The summed E-state index contributed by atoms with van der Waals surface area (Å²) in [6, 6.07) is 3.73. The van der Waals surface area contributed by atoms with Crippen LogP contribution in [0.3, 0.4) is 0 Å². The molecule has 5 nitrogen and oxygen atoms in total. The molecule has 1 amide bonds. The number of aromatic nitrogens is 1. The van der Waals surface area contributed by atoms with Crippen LogP contribution in [0.25, 0.3) is 0 Å². The summed E-state index contributed by atoms with van der Waals surface area (Å²) in [4.78, 5) is 16.1. The Morgan fingerprint density at radius 3 is 3.05 bits per heavy atom. The van der Waals surface area contributed by atoms with E-state index in [9.17, 15) is 4.79 Å². The fourth-order valence-electron chi connectivity index (χ4n) is 1.97. The van der Waals surface area contributed by atoms with Gasteiger partial charge in [-0.05, 0) is 31.4 Å². The van der Waals surface area contributed by atoms with E-state index in [0.29, 0.717) is 12.3 Å². The lowest BCUT2D eigenvalue weighted by Gasteiger charge is -2.10. The number of amides is 1. The number of pyridine rings is 1. The third kappa shape index (κ3) is 4.21. The maximum atomic E-state index is 11.8. The smallest absolute Gasteiger partial charge is 0.253 e. The van der Waals surface area contributed by atoms with Gasteiger partial charge in [0.1, 0.15) is 11.9 Å². The van der Waals surface area contributed by atoms with Gasteiger partial charge in [-0.25, -0.2) is 4.98 Å². The molecule has 0 spiro atoms. The summed E-state index contributed by atoms with van der Waals surface area (Å²) in [7, 11) is 0. The second-order valence-corrected chi connectivity index (χ2v) is 4.70. The molecule has 2 N–H and O–H groups in total. The van der Waals surface area contributed by atoms with Crippen LogP contribution in [0.2, 0.25) is 0 Å². The van der Waals surface area contributed by atoms with Crippen LogP contribution >= 0.6 is 0 Å². The number of hydrogen-bond donors (Lipinski definition) is 2. The summed E-state index contributed by atoms with van der Waals surface area (Å²) in [5.74, 6) is 0.759. The molecule has 0 radical (unpaired) electrons. The van der Waals surface area contributed by atoms with E-state index in [1.165, 1.54) is 0 Å². The lowest BCUT2D eigenvalue weighted by atomic mass is 10.2. The van der Waals surface area contributed by atoms with E-state index in [2.05, 4.69) is 22.5 Å². The zero-order chi connectivity index (χ0) is 13.5. The first-order valence-electron chi connectivity index (χ1n) is 6.92. The van der Waals surface area contributed by atoms with Gasteiger partial charge in [0, 0.05) is 13.2 Å². The average Bonchev–Trinajstić information content (AvgIpc) is 2.95. The molecular formula is C14H21N3O2. The summed E-state index contributed by atoms with van der Waals surface area (Å²) in [5, 5.41) is 6.06.